The van der Waals surface area contributed by atoms with Gasteiger partial charge in [-0.2, -0.15) is 0 Å². The van der Waals surface area contributed by atoms with Gasteiger partial charge in [-0.15, -0.1) is 0 Å². The van der Waals surface area contributed by atoms with Crippen molar-refractivity contribution in [1.82, 2.24) is 0 Å². The zero-order valence-electron chi connectivity index (χ0n) is 3.12. The zero-order chi connectivity index (χ0) is 0. The van der Waals surface area contributed by atoms with E-state index in [-0.39, 0.29) is 58.7 Å². The van der Waals surface area contributed by atoms with Crippen molar-refractivity contribution in [2.45, 2.75) is 0 Å². The van der Waals surface area contributed by atoms with Crippen LogP contribution in [0.1, 0.15) is 0 Å². The second-order valence-electron chi connectivity index (χ2n) is 0. The largest absolute Gasteiger partial charge is 0.412 e. The molecule has 0 unspecified atom stereocenters. The Morgan fingerprint density at radius 1 is 0.500 bits per heavy atom. The van der Waals surface area contributed by atoms with Crippen LogP contribution in [0.5, 0.6) is 0 Å². The molecule has 0 aromatic carbocycles. The van der Waals surface area contributed by atoms with E-state index in [0.717, 1.165) is 0 Å². The van der Waals surface area contributed by atoms with Crippen LogP contribution in [0.2, 0.25) is 0 Å². The summed E-state index contributed by atoms with van der Waals surface area (Å²) in [4.78, 5) is 0. The molecule has 0 rings (SSSR count). The van der Waals surface area contributed by atoms with Gasteiger partial charge in [-0.25, -0.2) is 0 Å². The number of rotatable bonds is 0. The Labute approximate surface area is 59.0 Å². The van der Waals surface area contributed by atoms with Gasteiger partial charge in [0, 0.05) is 36.8 Å². The molecule has 0 amide bonds. The molecular weight excluding hydrogens is 181 g/mol. The molecule has 0 fully saturated rings. The molecule has 0 radical (unpaired) electrons. The van der Waals surface area contributed by atoms with E-state index in [4.69, 9.17) is 0 Å². The molecule has 0 heterocycles. The number of hydrogen-bond donors (Lipinski definition) is 0. The van der Waals surface area contributed by atoms with Crippen LogP contribution in [0.25, 0.3) is 0 Å². The summed E-state index contributed by atoms with van der Waals surface area (Å²) in [5, 5.41) is 0. The van der Waals surface area contributed by atoms with Gasteiger partial charge in [0.05, 0.1) is 0 Å². The fraction of sp³-hybridized carbons (Fsp3) is 0. The summed E-state index contributed by atoms with van der Waals surface area (Å²) in [5.74, 6) is 0. The van der Waals surface area contributed by atoms with Crippen molar-refractivity contribution in [2.24, 2.45) is 0 Å². The van der Waals surface area contributed by atoms with Crippen molar-refractivity contribution in [2.75, 3.05) is 0 Å². The Balaban J connectivity index is 0. The van der Waals surface area contributed by atoms with Crippen LogP contribution in [-0.2, 0) is 36.8 Å². The van der Waals surface area contributed by atoms with E-state index < -0.39 is 0 Å². The molecule has 0 aromatic rings. The monoisotopic (exact) mass is 188 g/mol. The second-order valence-corrected chi connectivity index (χ2v) is 0. The molecule has 0 atom stereocenters. The Bertz CT molecular complexity index is 7.51. The molecule has 40 valence electrons. The molecule has 0 aliphatic heterocycles. The van der Waals surface area contributed by atoms with Gasteiger partial charge in [-0.3, -0.25) is 0 Å². The minimum atomic E-state index is 0. The first-order chi connectivity index (χ1) is 0. The summed E-state index contributed by atoms with van der Waals surface area (Å²) >= 11 is 0. The van der Waals surface area contributed by atoms with Crippen LogP contribution >= 0.6 is 0 Å². The summed E-state index contributed by atoms with van der Waals surface area (Å²) in [6, 6.07) is 0. The minimum absolute atomic E-state index is 0. The molecule has 0 saturated heterocycles. The van der Waals surface area contributed by atoms with Crippen LogP contribution in [0, 0.1) is 0 Å². The smallest absolute Gasteiger partial charge is 0 e. The van der Waals surface area contributed by atoms with E-state index in [0.29, 0.717) is 0 Å². The molecule has 0 spiro atoms. The molecule has 4 nitrogen and oxygen atoms in total. The van der Waals surface area contributed by atoms with Crippen LogP contribution in [-0.4, -0.2) is 21.9 Å². The van der Waals surface area contributed by atoms with Crippen LogP contribution < -0.4 is 0 Å². The van der Waals surface area contributed by atoms with Gasteiger partial charge in [0.2, 0.25) is 0 Å². The molecule has 8 N–H and O–H groups in total. The van der Waals surface area contributed by atoms with Crippen molar-refractivity contribution in [3.63, 3.8) is 0 Å². The number of hydrogen-bond acceptors (Lipinski definition) is 0. The van der Waals surface area contributed by atoms with E-state index in [1.54, 1.807) is 0 Å². The van der Waals surface area contributed by atoms with Crippen LogP contribution in [0.15, 0.2) is 0 Å². The normalized spacial score (nSPS) is 0. The van der Waals surface area contributed by atoms with Gasteiger partial charge >= 0.3 is 0 Å². The molecule has 0 saturated carbocycles. The third-order valence-electron chi connectivity index (χ3n) is 0. The van der Waals surface area contributed by atoms with Gasteiger partial charge in [-0.1, -0.05) is 0 Å². The maximum atomic E-state index is 0. The van der Waals surface area contributed by atoms with Gasteiger partial charge in [-0.05, 0) is 0 Å². The van der Waals surface area contributed by atoms with Gasteiger partial charge in [0.1, 0.15) is 0 Å². The predicted molar refractivity (Wildman–Crippen MR) is 14.5 cm³/mol. The standard InChI is InChI=1S/Cr.4H2O.Zn/h;4*1H2;. The predicted octanol–water partition coefficient (Wildman–Crippen LogP) is -3.30. The maximum Gasteiger partial charge on any atom is 0 e. The van der Waals surface area contributed by atoms with Crippen LogP contribution in [0.4, 0.5) is 0 Å². The molecule has 0 aliphatic rings. The summed E-state index contributed by atoms with van der Waals surface area (Å²) in [6.45, 7) is 0. The van der Waals surface area contributed by atoms with Crippen molar-refractivity contribution in [3.8, 4) is 0 Å². The molecule has 0 aliphatic carbocycles. The van der Waals surface area contributed by atoms with E-state index in [1.165, 1.54) is 0 Å². The van der Waals surface area contributed by atoms with E-state index >= 15 is 0 Å². The van der Waals surface area contributed by atoms with Crippen molar-refractivity contribution >= 4 is 0 Å². The summed E-state index contributed by atoms with van der Waals surface area (Å²) in [7, 11) is 0. The summed E-state index contributed by atoms with van der Waals surface area (Å²) in [6.07, 6.45) is 0. The SMILES string of the molecule is O.O.O.O.[Cr].[Zn]. The van der Waals surface area contributed by atoms with Gasteiger partial charge < -0.3 is 21.9 Å². The second kappa shape index (κ2) is 151. The van der Waals surface area contributed by atoms with E-state index in [1.807, 2.05) is 0 Å². The molecule has 6 heavy (non-hydrogen) atoms. The first-order valence-electron chi connectivity index (χ1n) is 0. The Kier molecular flexibility index (Phi) is 6380. The third-order valence-corrected chi connectivity index (χ3v) is 0. The van der Waals surface area contributed by atoms with E-state index in [2.05, 4.69) is 0 Å². The summed E-state index contributed by atoms with van der Waals surface area (Å²) < 4.78 is 0. The minimum Gasteiger partial charge on any atom is -0.412 e. The maximum absolute atomic E-state index is 0. The van der Waals surface area contributed by atoms with Gasteiger partial charge in [0.15, 0.2) is 0 Å². The first-order valence-corrected chi connectivity index (χ1v) is 0. The average molecular weight is 189 g/mol. The molecule has 6 heteroatoms. The van der Waals surface area contributed by atoms with Crippen molar-refractivity contribution < 1.29 is 58.7 Å². The zero-order valence-corrected chi connectivity index (χ0v) is 7.36. The van der Waals surface area contributed by atoms with Gasteiger partial charge in [0.25, 0.3) is 0 Å². The fourth-order valence-corrected chi connectivity index (χ4v) is 0. The Morgan fingerprint density at radius 2 is 0.500 bits per heavy atom. The topological polar surface area (TPSA) is 126 Å². The fourth-order valence-electron chi connectivity index (χ4n) is 0. The van der Waals surface area contributed by atoms with Crippen molar-refractivity contribution in [1.29, 1.82) is 0 Å². The molecular formula is H8CrO4Zn. The molecule has 0 aromatic heterocycles. The average Bonchev–Trinajstić information content (AvgIpc) is 0. The molecule has 0 bridgehead atoms. The van der Waals surface area contributed by atoms with Crippen LogP contribution in [0.3, 0.4) is 0 Å². The third kappa shape index (κ3) is 80.4. The summed E-state index contributed by atoms with van der Waals surface area (Å²) in [5.41, 5.74) is 0. The quantitative estimate of drug-likeness (QED) is 0.354. The van der Waals surface area contributed by atoms with Crippen molar-refractivity contribution in [3.05, 3.63) is 0 Å². The Hall–Kier alpha value is 0.996. The first kappa shape index (κ1) is 254. The Morgan fingerprint density at radius 3 is 0.500 bits per heavy atom. The van der Waals surface area contributed by atoms with E-state index in [9.17, 15) is 0 Å².